The zero-order valence-corrected chi connectivity index (χ0v) is 12.0. The van der Waals surface area contributed by atoms with Crippen LogP contribution < -0.4 is 9.47 Å². The van der Waals surface area contributed by atoms with Crippen LogP contribution in [-0.2, 0) is 0 Å². The van der Waals surface area contributed by atoms with Gasteiger partial charge in [0.25, 0.3) is 0 Å². The number of benzene rings is 1. The molecule has 4 heteroatoms. The average molecular weight is 277 g/mol. The quantitative estimate of drug-likeness (QED) is 0.915. The number of para-hydroxylation sites is 2. The topological polar surface area (TPSA) is 41.9 Å². The van der Waals surface area contributed by atoms with Gasteiger partial charge in [0.15, 0.2) is 11.5 Å². The predicted octanol–water partition coefficient (Wildman–Crippen LogP) is 2.06. The largest absolute Gasteiger partial charge is 0.486 e. The first-order valence-electron chi connectivity index (χ1n) is 7.44. The molecule has 1 unspecified atom stereocenters. The van der Waals surface area contributed by atoms with Gasteiger partial charge >= 0.3 is 0 Å². The van der Waals surface area contributed by atoms with E-state index in [1.54, 1.807) is 0 Å². The Morgan fingerprint density at radius 3 is 2.70 bits per heavy atom. The van der Waals surface area contributed by atoms with Crippen LogP contribution in [0.1, 0.15) is 25.7 Å². The third kappa shape index (κ3) is 3.07. The minimum atomic E-state index is -0.498. The number of aliphatic hydroxyl groups is 1. The number of hydrogen-bond acceptors (Lipinski definition) is 4. The summed E-state index contributed by atoms with van der Waals surface area (Å²) in [6.07, 6.45) is 4.14. The van der Waals surface area contributed by atoms with Gasteiger partial charge in [0.05, 0.1) is 5.60 Å². The van der Waals surface area contributed by atoms with E-state index in [0.29, 0.717) is 13.2 Å². The molecule has 1 N–H and O–H groups in total. The molecule has 20 heavy (non-hydrogen) atoms. The standard InChI is InChI=1S/C16H23NO3/c1-17(12-16(18)8-4-5-9-16)10-13-11-19-14-6-2-3-7-15(14)20-13/h2-3,6-7,13,18H,4-5,8-12H2,1H3. The van der Waals surface area contributed by atoms with Gasteiger partial charge in [-0.2, -0.15) is 0 Å². The van der Waals surface area contributed by atoms with Crippen LogP contribution in [0, 0.1) is 0 Å². The zero-order chi connectivity index (χ0) is 14.0. The molecule has 1 aliphatic heterocycles. The smallest absolute Gasteiger partial charge is 0.161 e. The monoisotopic (exact) mass is 277 g/mol. The summed E-state index contributed by atoms with van der Waals surface area (Å²) >= 11 is 0. The van der Waals surface area contributed by atoms with Gasteiger partial charge < -0.3 is 14.6 Å². The molecule has 1 heterocycles. The molecule has 0 spiro atoms. The van der Waals surface area contributed by atoms with Crippen LogP contribution in [0.5, 0.6) is 11.5 Å². The maximum Gasteiger partial charge on any atom is 0.161 e. The maximum atomic E-state index is 10.4. The average Bonchev–Trinajstić information content (AvgIpc) is 2.84. The van der Waals surface area contributed by atoms with E-state index in [-0.39, 0.29) is 6.10 Å². The molecule has 0 amide bonds. The Balaban J connectivity index is 1.54. The second kappa shape index (κ2) is 5.62. The lowest BCUT2D eigenvalue weighted by Gasteiger charge is -2.33. The second-order valence-corrected chi connectivity index (χ2v) is 6.13. The van der Waals surface area contributed by atoms with E-state index >= 15 is 0 Å². The lowest BCUT2D eigenvalue weighted by Crippen LogP contribution is -2.45. The fraction of sp³-hybridized carbons (Fsp3) is 0.625. The first-order valence-corrected chi connectivity index (χ1v) is 7.44. The Bertz CT molecular complexity index is 457. The van der Waals surface area contributed by atoms with E-state index in [1.807, 2.05) is 31.3 Å². The minimum absolute atomic E-state index is 0.0277. The third-order valence-electron chi connectivity index (χ3n) is 4.18. The molecule has 110 valence electrons. The third-order valence-corrected chi connectivity index (χ3v) is 4.18. The molecule has 1 aromatic rings. The second-order valence-electron chi connectivity index (χ2n) is 6.13. The molecule has 0 aromatic heterocycles. The lowest BCUT2D eigenvalue weighted by atomic mass is 10.0. The van der Waals surface area contributed by atoms with Gasteiger partial charge in [0, 0.05) is 13.1 Å². The maximum absolute atomic E-state index is 10.4. The van der Waals surface area contributed by atoms with Crippen molar-refractivity contribution in [1.82, 2.24) is 4.90 Å². The summed E-state index contributed by atoms with van der Waals surface area (Å²) in [5, 5.41) is 10.4. The van der Waals surface area contributed by atoms with Crippen molar-refractivity contribution in [2.45, 2.75) is 37.4 Å². The first kappa shape index (κ1) is 13.7. The summed E-state index contributed by atoms with van der Waals surface area (Å²) in [6, 6.07) is 7.77. The normalized spacial score (nSPS) is 24.1. The molecule has 3 rings (SSSR count). The van der Waals surface area contributed by atoms with Gasteiger partial charge in [0.1, 0.15) is 12.7 Å². The Labute approximate surface area is 120 Å². The number of likely N-dealkylation sites (N-methyl/N-ethyl adjacent to an activating group) is 1. The molecule has 0 radical (unpaired) electrons. The van der Waals surface area contributed by atoms with Gasteiger partial charge in [-0.05, 0) is 32.0 Å². The number of ether oxygens (including phenoxy) is 2. The van der Waals surface area contributed by atoms with E-state index in [0.717, 1.165) is 43.7 Å². The summed E-state index contributed by atoms with van der Waals surface area (Å²) in [4.78, 5) is 2.16. The fourth-order valence-electron chi connectivity index (χ4n) is 3.26. The minimum Gasteiger partial charge on any atom is -0.486 e. The van der Waals surface area contributed by atoms with Crippen molar-refractivity contribution in [3.63, 3.8) is 0 Å². The van der Waals surface area contributed by atoms with Crippen molar-refractivity contribution in [2.24, 2.45) is 0 Å². The summed E-state index contributed by atoms with van der Waals surface area (Å²) in [5.41, 5.74) is -0.498. The van der Waals surface area contributed by atoms with Crippen LogP contribution in [-0.4, -0.2) is 48.5 Å². The predicted molar refractivity (Wildman–Crippen MR) is 77.3 cm³/mol. The highest BCUT2D eigenvalue weighted by Gasteiger charge is 2.33. The van der Waals surface area contributed by atoms with Gasteiger partial charge in [-0.3, -0.25) is 4.90 Å². The van der Waals surface area contributed by atoms with E-state index in [1.165, 1.54) is 0 Å². The van der Waals surface area contributed by atoms with Crippen molar-refractivity contribution >= 4 is 0 Å². The SMILES string of the molecule is CN(CC1COc2ccccc2O1)CC1(O)CCCC1. The number of fused-ring (bicyclic) bond motifs is 1. The van der Waals surface area contributed by atoms with Crippen molar-refractivity contribution in [2.75, 3.05) is 26.7 Å². The molecule has 0 bridgehead atoms. The molecule has 1 aromatic carbocycles. The van der Waals surface area contributed by atoms with Crippen molar-refractivity contribution in [3.8, 4) is 11.5 Å². The Hall–Kier alpha value is -1.26. The van der Waals surface area contributed by atoms with Crippen molar-refractivity contribution < 1.29 is 14.6 Å². The van der Waals surface area contributed by atoms with Crippen molar-refractivity contribution in [1.29, 1.82) is 0 Å². The Morgan fingerprint density at radius 2 is 1.95 bits per heavy atom. The van der Waals surface area contributed by atoms with Crippen LogP contribution in [0.4, 0.5) is 0 Å². The number of hydrogen-bond donors (Lipinski definition) is 1. The van der Waals surface area contributed by atoms with Crippen molar-refractivity contribution in [3.05, 3.63) is 24.3 Å². The molecule has 0 saturated heterocycles. The summed E-state index contributed by atoms with van der Waals surface area (Å²) in [7, 11) is 2.04. The fourth-order valence-corrected chi connectivity index (χ4v) is 3.26. The van der Waals surface area contributed by atoms with Gasteiger partial charge in [-0.25, -0.2) is 0 Å². The summed E-state index contributed by atoms with van der Waals surface area (Å²) in [6.45, 7) is 2.06. The molecular weight excluding hydrogens is 254 g/mol. The van der Waals surface area contributed by atoms with E-state index in [4.69, 9.17) is 9.47 Å². The number of nitrogens with zero attached hydrogens (tertiary/aromatic N) is 1. The highest BCUT2D eigenvalue weighted by Crippen LogP contribution is 2.32. The van der Waals surface area contributed by atoms with E-state index < -0.39 is 5.60 Å². The Morgan fingerprint density at radius 1 is 1.25 bits per heavy atom. The van der Waals surface area contributed by atoms with Gasteiger partial charge in [0.2, 0.25) is 0 Å². The Kier molecular flexibility index (Phi) is 3.85. The van der Waals surface area contributed by atoms with Crippen LogP contribution in [0.2, 0.25) is 0 Å². The summed E-state index contributed by atoms with van der Waals surface area (Å²) in [5.74, 6) is 1.64. The number of rotatable bonds is 4. The molecular formula is C16H23NO3. The van der Waals surface area contributed by atoms with Crippen LogP contribution in [0.3, 0.4) is 0 Å². The highest BCUT2D eigenvalue weighted by atomic mass is 16.6. The molecule has 2 aliphatic rings. The molecule has 1 saturated carbocycles. The molecule has 4 nitrogen and oxygen atoms in total. The van der Waals surface area contributed by atoms with Gasteiger partial charge in [-0.1, -0.05) is 25.0 Å². The zero-order valence-electron chi connectivity index (χ0n) is 12.0. The first-order chi connectivity index (χ1) is 9.65. The molecule has 1 atom stereocenters. The molecule has 1 fully saturated rings. The molecule has 1 aliphatic carbocycles. The van der Waals surface area contributed by atoms with Crippen LogP contribution >= 0.6 is 0 Å². The van der Waals surface area contributed by atoms with Crippen LogP contribution in [0.15, 0.2) is 24.3 Å². The van der Waals surface area contributed by atoms with E-state index in [9.17, 15) is 5.11 Å². The van der Waals surface area contributed by atoms with Crippen LogP contribution in [0.25, 0.3) is 0 Å². The lowest BCUT2D eigenvalue weighted by molar-refractivity contribution is -0.00142. The highest BCUT2D eigenvalue weighted by molar-refractivity contribution is 5.40. The van der Waals surface area contributed by atoms with Gasteiger partial charge in [-0.15, -0.1) is 0 Å². The van der Waals surface area contributed by atoms with E-state index in [2.05, 4.69) is 4.90 Å². The summed E-state index contributed by atoms with van der Waals surface area (Å²) < 4.78 is 11.7.